The number of halogens is 1. The van der Waals surface area contributed by atoms with Crippen LogP contribution in [0.3, 0.4) is 0 Å². The van der Waals surface area contributed by atoms with Gasteiger partial charge in [0.1, 0.15) is 11.9 Å². The second kappa shape index (κ2) is 5.86. The van der Waals surface area contributed by atoms with Gasteiger partial charge in [0.2, 0.25) is 0 Å². The van der Waals surface area contributed by atoms with Crippen LogP contribution < -0.4 is 10.1 Å². The number of hydrogen-bond acceptors (Lipinski definition) is 2. The molecule has 0 amide bonds. The van der Waals surface area contributed by atoms with Gasteiger partial charge in [0.05, 0.1) is 6.04 Å². The van der Waals surface area contributed by atoms with Crippen LogP contribution in [0.1, 0.15) is 24.1 Å². The van der Waals surface area contributed by atoms with Crippen LogP contribution in [0.15, 0.2) is 48.5 Å². The van der Waals surface area contributed by atoms with Crippen LogP contribution in [0.5, 0.6) is 5.75 Å². The third-order valence-electron chi connectivity index (χ3n) is 3.70. The SMILES string of the molecule is CCNC(c1ccc(Cl)cc1)C1Cc2ccccc2O1. The second-order valence-electron chi connectivity index (χ2n) is 5.06. The van der Waals surface area contributed by atoms with Gasteiger partial charge in [-0.1, -0.05) is 48.9 Å². The lowest BCUT2D eigenvalue weighted by atomic mass is 9.97. The van der Waals surface area contributed by atoms with Gasteiger partial charge in [0.15, 0.2) is 0 Å². The van der Waals surface area contributed by atoms with Crippen LogP contribution >= 0.6 is 11.6 Å². The molecule has 2 aromatic rings. The molecule has 0 aliphatic carbocycles. The molecule has 2 atom stereocenters. The smallest absolute Gasteiger partial charge is 0.123 e. The van der Waals surface area contributed by atoms with Crippen LogP contribution in [-0.2, 0) is 6.42 Å². The lowest BCUT2D eigenvalue weighted by Crippen LogP contribution is -2.34. The van der Waals surface area contributed by atoms with Crippen molar-refractivity contribution in [3.05, 3.63) is 64.7 Å². The molecule has 0 fully saturated rings. The molecule has 1 aliphatic heterocycles. The highest BCUT2D eigenvalue weighted by molar-refractivity contribution is 6.30. The zero-order valence-corrected chi connectivity index (χ0v) is 12.2. The van der Waals surface area contributed by atoms with Crippen LogP contribution in [0.2, 0.25) is 5.02 Å². The number of nitrogens with one attached hydrogen (secondary N) is 1. The summed E-state index contributed by atoms with van der Waals surface area (Å²) < 4.78 is 6.11. The van der Waals surface area contributed by atoms with Crippen molar-refractivity contribution in [3.63, 3.8) is 0 Å². The van der Waals surface area contributed by atoms with Gasteiger partial charge in [0.25, 0.3) is 0 Å². The number of likely N-dealkylation sites (N-methyl/N-ethyl adjacent to an activating group) is 1. The van der Waals surface area contributed by atoms with Gasteiger partial charge in [-0.3, -0.25) is 0 Å². The first kappa shape index (κ1) is 13.5. The molecule has 1 N–H and O–H groups in total. The standard InChI is InChI=1S/C17H18ClNO/c1-2-19-17(12-7-9-14(18)10-8-12)16-11-13-5-3-4-6-15(13)20-16/h3-10,16-17,19H,2,11H2,1H3. The third kappa shape index (κ3) is 2.67. The minimum Gasteiger partial charge on any atom is -0.488 e. The molecule has 0 saturated carbocycles. The van der Waals surface area contributed by atoms with E-state index < -0.39 is 0 Å². The molecule has 3 rings (SSSR count). The Kier molecular flexibility index (Phi) is 3.95. The fourth-order valence-corrected chi connectivity index (χ4v) is 2.87. The molecule has 3 heteroatoms. The molecule has 2 aromatic carbocycles. The van der Waals surface area contributed by atoms with Gasteiger partial charge in [-0.2, -0.15) is 0 Å². The van der Waals surface area contributed by atoms with Crippen molar-refractivity contribution in [2.75, 3.05) is 6.54 Å². The summed E-state index contributed by atoms with van der Waals surface area (Å²) in [5.74, 6) is 1.01. The first-order valence-corrected chi connectivity index (χ1v) is 7.39. The molecule has 0 bridgehead atoms. The van der Waals surface area contributed by atoms with E-state index in [1.807, 2.05) is 24.3 Å². The summed E-state index contributed by atoms with van der Waals surface area (Å²) in [5, 5.41) is 4.29. The average Bonchev–Trinajstić information content (AvgIpc) is 2.89. The van der Waals surface area contributed by atoms with Gasteiger partial charge in [-0.15, -0.1) is 0 Å². The zero-order chi connectivity index (χ0) is 13.9. The van der Waals surface area contributed by atoms with E-state index >= 15 is 0 Å². The lowest BCUT2D eigenvalue weighted by Gasteiger charge is -2.24. The van der Waals surface area contributed by atoms with Gasteiger partial charge in [0, 0.05) is 11.4 Å². The summed E-state index contributed by atoms with van der Waals surface area (Å²) >= 11 is 5.97. The number of rotatable bonds is 4. The highest BCUT2D eigenvalue weighted by atomic mass is 35.5. The number of hydrogen-bond donors (Lipinski definition) is 1. The molecule has 20 heavy (non-hydrogen) atoms. The maximum absolute atomic E-state index is 6.11. The summed E-state index contributed by atoms with van der Waals surface area (Å²) in [7, 11) is 0. The predicted octanol–water partition coefficient (Wildman–Crippen LogP) is 3.99. The van der Waals surface area contributed by atoms with E-state index in [0.717, 1.165) is 23.7 Å². The topological polar surface area (TPSA) is 21.3 Å². The highest BCUT2D eigenvalue weighted by Gasteiger charge is 2.30. The minimum atomic E-state index is 0.133. The maximum Gasteiger partial charge on any atom is 0.123 e. The quantitative estimate of drug-likeness (QED) is 0.918. The normalized spacial score (nSPS) is 18.4. The van der Waals surface area contributed by atoms with Crippen LogP contribution in [0, 0.1) is 0 Å². The molecule has 0 aromatic heterocycles. The Morgan fingerprint density at radius 2 is 1.95 bits per heavy atom. The Labute approximate surface area is 124 Å². The summed E-state index contributed by atoms with van der Waals surface area (Å²) in [4.78, 5) is 0. The van der Waals surface area contributed by atoms with Crippen LogP contribution in [0.25, 0.3) is 0 Å². The number of benzene rings is 2. The maximum atomic E-state index is 6.11. The van der Waals surface area contributed by atoms with Crippen molar-refractivity contribution in [2.24, 2.45) is 0 Å². The zero-order valence-electron chi connectivity index (χ0n) is 11.5. The van der Waals surface area contributed by atoms with Crippen molar-refractivity contribution < 1.29 is 4.74 Å². The second-order valence-corrected chi connectivity index (χ2v) is 5.49. The fourth-order valence-electron chi connectivity index (χ4n) is 2.75. The number of fused-ring (bicyclic) bond motifs is 1. The van der Waals surface area contributed by atoms with E-state index in [-0.39, 0.29) is 12.1 Å². The highest BCUT2D eigenvalue weighted by Crippen LogP contribution is 2.34. The van der Waals surface area contributed by atoms with E-state index in [4.69, 9.17) is 16.3 Å². The van der Waals surface area contributed by atoms with Crippen molar-refractivity contribution in [3.8, 4) is 5.75 Å². The van der Waals surface area contributed by atoms with Gasteiger partial charge in [-0.05, 0) is 35.9 Å². The van der Waals surface area contributed by atoms with E-state index in [2.05, 4.69) is 36.5 Å². The van der Waals surface area contributed by atoms with Crippen molar-refractivity contribution in [1.82, 2.24) is 5.32 Å². The fraction of sp³-hybridized carbons (Fsp3) is 0.294. The summed E-state index contributed by atoms with van der Waals surface area (Å²) in [6.45, 7) is 3.02. The molecule has 1 heterocycles. The van der Waals surface area contributed by atoms with E-state index in [0.29, 0.717) is 0 Å². The Morgan fingerprint density at radius 3 is 2.65 bits per heavy atom. The number of ether oxygens (including phenoxy) is 1. The summed E-state index contributed by atoms with van der Waals surface area (Å²) in [5.41, 5.74) is 2.50. The van der Waals surface area contributed by atoms with E-state index in [9.17, 15) is 0 Å². The molecule has 2 nitrogen and oxygen atoms in total. The third-order valence-corrected chi connectivity index (χ3v) is 3.95. The molecule has 2 unspecified atom stereocenters. The van der Waals surface area contributed by atoms with E-state index in [1.165, 1.54) is 11.1 Å². The summed E-state index contributed by atoms with van der Waals surface area (Å²) in [6, 6.07) is 16.5. The molecule has 0 radical (unpaired) electrons. The van der Waals surface area contributed by atoms with Crippen LogP contribution in [-0.4, -0.2) is 12.6 Å². The van der Waals surface area contributed by atoms with Crippen molar-refractivity contribution in [1.29, 1.82) is 0 Å². The molecule has 104 valence electrons. The largest absolute Gasteiger partial charge is 0.488 e. The first-order chi connectivity index (χ1) is 9.78. The van der Waals surface area contributed by atoms with Gasteiger partial charge < -0.3 is 10.1 Å². The molecule has 0 spiro atoms. The molecular formula is C17H18ClNO. The minimum absolute atomic E-state index is 0.133. The predicted molar refractivity (Wildman–Crippen MR) is 82.4 cm³/mol. The monoisotopic (exact) mass is 287 g/mol. The number of para-hydroxylation sites is 1. The average molecular weight is 288 g/mol. The Bertz CT molecular complexity index is 557. The van der Waals surface area contributed by atoms with Crippen molar-refractivity contribution in [2.45, 2.75) is 25.5 Å². The molecule has 0 saturated heterocycles. The van der Waals surface area contributed by atoms with Gasteiger partial charge in [-0.25, -0.2) is 0 Å². The molecular weight excluding hydrogens is 270 g/mol. The Balaban J connectivity index is 1.84. The van der Waals surface area contributed by atoms with Gasteiger partial charge >= 0.3 is 0 Å². The van der Waals surface area contributed by atoms with E-state index in [1.54, 1.807) is 0 Å². The Hall–Kier alpha value is -1.51. The van der Waals surface area contributed by atoms with Crippen LogP contribution in [0.4, 0.5) is 0 Å². The first-order valence-electron chi connectivity index (χ1n) is 7.01. The summed E-state index contributed by atoms with van der Waals surface area (Å²) in [6.07, 6.45) is 1.07. The Morgan fingerprint density at radius 1 is 1.20 bits per heavy atom. The molecule has 1 aliphatic rings. The van der Waals surface area contributed by atoms with Crippen molar-refractivity contribution >= 4 is 11.6 Å². The lowest BCUT2D eigenvalue weighted by molar-refractivity contribution is 0.180.